The van der Waals surface area contributed by atoms with E-state index < -0.39 is 0 Å². The van der Waals surface area contributed by atoms with Gasteiger partial charge in [-0.2, -0.15) is 0 Å². The Balaban J connectivity index is 2.29. The second kappa shape index (κ2) is 7.27. The summed E-state index contributed by atoms with van der Waals surface area (Å²) in [5.41, 5.74) is 2.94. The van der Waals surface area contributed by atoms with Gasteiger partial charge in [0, 0.05) is 0 Å². The van der Waals surface area contributed by atoms with Gasteiger partial charge < -0.3 is 0 Å². The molecule has 0 aliphatic heterocycles. The van der Waals surface area contributed by atoms with Crippen LogP contribution in [0.25, 0.3) is 0 Å². The fraction of sp³-hybridized carbons (Fsp3) is 0.538. The van der Waals surface area contributed by atoms with Crippen LogP contribution in [0.4, 0.5) is 0 Å². The zero-order valence-electron chi connectivity index (χ0n) is 8.93. The normalized spacial score (nSPS) is 10.4. The molecule has 0 bridgehead atoms. The highest BCUT2D eigenvalue weighted by atomic mass is 127. The summed E-state index contributed by atoms with van der Waals surface area (Å²) in [6, 6.07) is 9.08. The Morgan fingerprint density at radius 2 is 1.57 bits per heavy atom. The molecule has 0 aliphatic carbocycles. The van der Waals surface area contributed by atoms with Gasteiger partial charge in [0.2, 0.25) is 0 Å². The van der Waals surface area contributed by atoms with Gasteiger partial charge in [-0.3, -0.25) is 0 Å². The Kier molecular flexibility index (Phi) is 6.24. The Bertz CT molecular complexity index is 238. The van der Waals surface area contributed by atoms with Crippen LogP contribution in [0.3, 0.4) is 0 Å². The Morgan fingerprint density at radius 1 is 0.929 bits per heavy atom. The van der Waals surface area contributed by atoms with Crippen LogP contribution in [0.15, 0.2) is 24.3 Å². The molecule has 1 aromatic carbocycles. The van der Waals surface area contributed by atoms with Gasteiger partial charge in [0.15, 0.2) is 0 Å². The van der Waals surface area contributed by atoms with E-state index >= 15 is 0 Å². The lowest BCUT2D eigenvalue weighted by Gasteiger charge is -2.02. The second-order valence-corrected chi connectivity index (χ2v) is 4.75. The minimum atomic E-state index is 1.15. The number of hydrogen-bond acceptors (Lipinski definition) is 0. The van der Waals surface area contributed by atoms with E-state index in [0.29, 0.717) is 0 Å². The molecule has 0 N–H and O–H groups in total. The summed E-state index contributed by atoms with van der Waals surface area (Å²) in [6.45, 7) is 2.20. The van der Waals surface area contributed by atoms with E-state index in [1.165, 1.54) is 41.2 Å². The second-order valence-electron chi connectivity index (χ2n) is 3.67. The van der Waals surface area contributed by atoms with Gasteiger partial charge in [-0.05, 0) is 41.2 Å². The molecule has 1 rings (SSSR count). The maximum atomic E-state index is 2.45. The van der Waals surface area contributed by atoms with Gasteiger partial charge in [-0.15, -0.1) is 0 Å². The van der Waals surface area contributed by atoms with Crippen LogP contribution < -0.4 is 0 Å². The third kappa shape index (κ3) is 4.45. The van der Waals surface area contributed by atoms with Crippen LogP contribution in [0, 0.1) is 0 Å². The first-order valence-electron chi connectivity index (χ1n) is 5.50. The lowest BCUT2D eigenvalue weighted by molar-refractivity contribution is 0.726. The van der Waals surface area contributed by atoms with Crippen LogP contribution in [-0.4, -0.2) is 4.43 Å². The highest BCUT2D eigenvalue weighted by Crippen LogP contribution is 2.09. The van der Waals surface area contributed by atoms with Crippen LogP contribution in [0.1, 0.15) is 37.3 Å². The number of alkyl halides is 1. The summed E-state index contributed by atoms with van der Waals surface area (Å²) < 4.78 is 1.30. The number of hydrogen-bond donors (Lipinski definition) is 0. The van der Waals surface area contributed by atoms with E-state index in [4.69, 9.17) is 0 Å². The van der Waals surface area contributed by atoms with Crippen molar-refractivity contribution < 1.29 is 0 Å². The molecular formula is C13H19I. The van der Waals surface area contributed by atoms with Gasteiger partial charge in [0.1, 0.15) is 0 Å². The van der Waals surface area contributed by atoms with Crippen molar-refractivity contribution in [2.75, 3.05) is 4.43 Å². The summed E-state index contributed by atoms with van der Waals surface area (Å²) in [7, 11) is 0. The molecule has 0 aromatic heterocycles. The number of benzene rings is 1. The highest BCUT2D eigenvalue weighted by molar-refractivity contribution is 14.1. The molecule has 0 unspecified atom stereocenters. The first-order valence-corrected chi connectivity index (χ1v) is 7.03. The van der Waals surface area contributed by atoms with Crippen molar-refractivity contribution in [3.63, 3.8) is 0 Å². The molecule has 78 valence electrons. The van der Waals surface area contributed by atoms with E-state index in [-0.39, 0.29) is 0 Å². The summed E-state index contributed by atoms with van der Waals surface area (Å²) in [6.07, 6.45) is 6.48. The van der Waals surface area contributed by atoms with Gasteiger partial charge in [0.05, 0.1) is 0 Å². The topological polar surface area (TPSA) is 0 Å². The van der Waals surface area contributed by atoms with Gasteiger partial charge in [-0.25, -0.2) is 0 Å². The third-order valence-corrected chi connectivity index (χ3v) is 3.29. The molecule has 1 heteroatoms. The van der Waals surface area contributed by atoms with Crippen molar-refractivity contribution >= 4 is 22.6 Å². The lowest BCUT2D eigenvalue weighted by atomic mass is 10.0. The molecular weight excluding hydrogens is 283 g/mol. The first-order chi connectivity index (χ1) is 6.86. The summed E-state index contributed by atoms with van der Waals surface area (Å²) in [5.74, 6) is 0. The molecule has 0 atom stereocenters. The molecule has 1 aromatic rings. The van der Waals surface area contributed by atoms with Gasteiger partial charge in [-0.1, -0.05) is 60.2 Å². The van der Waals surface area contributed by atoms with Crippen molar-refractivity contribution in [2.45, 2.75) is 39.0 Å². The van der Waals surface area contributed by atoms with E-state index in [1.807, 2.05) is 0 Å². The van der Waals surface area contributed by atoms with Crippen molar-refractivity contribution in [3.05, 3.63) is 35.4 Å². The predicted octanol–water partition coefficient (Wildman–Crippen LogP) is 4.40. The summed E-state index contributed by atoms with van der Waals surface area (Å²) in [4.78, 5) is 0. The molecule has 0 heterocycles. The largest absolute Gasteiger partial charge is 0.0864 e. The monoisotopic (exact) mass is 302 g/mol. The Labute approximate surface area is 101 Å². The summed E-state index contributed by atoms with van der Waals surface area (Å²) in [5, 5.41) is 0. The Hall–Kier alpha value is -0.0500. The summed E-state index contributed by atoms with van der Waals surface area (Å²) >= 11 is 2.45. The molecule has 0 aliphatic rings. The number of rotatable bonds is 6. The third-order valence-electron chi connectivity index (χ3n) is 2.53. The van der Waals surface area contributed by atoms with Crippen LogP contribution >= 0.6 is 22.6 Å². The van der Waals surface area contributed by atoms with E-state index in [0.717, 1.165) is 6.42 Å². The van der Waals surface area contributed by atoms with E-state index in [2.05, 4.69) is 53.8 Å². The van der Waals surface area contributed by atoms with Crippen molar-refractivity contribution in [2.24, 2.45) is 0 Å². The minimum Gasteiger partial charge on any atom is -0.0864 e. The van der Waals surface area contributed by atoms with Crippen molar-refractivity contribution in [1.82, 2.24) is 0 Å². The smallest absolute Gasteiger partial charge is 0.000473 e. The quantitative estimate of drug-likeness (QED) is 0.415. The fourth-order valence-electron chi connectivity index (χ4n) is 1.54. The molecule has 0 saturated carbocycles. The lowest BCUT2D eigenvalue weighted by Crippen LogP contribution is -1.87. The molecule has 0 saturated heterocycles. The molecule has 0 spiro atoms. The van der Waals surface area contributed by atoms with Gasteiger partial charge in [0.25, 0.3) is 0 Å². The van der Waals surface area contributed by atoms with Crippen LogP contribution in [0.5, 0.6) is 0 Å². The highest BCUT2D eigenvalue weighted by Gasteiger charge is 1.93. The molecule has 0 fully saturated rings. The van der Waals surface area contributed by atoms with Crippen LogP contribution in [-0.2, 0) is 12.8 Å². The van der Waals surface area contributed by atoms with E-state index in [1.54, 1.807) is 0 Å². The SMILES string of the molecule is CCc1ccc(CCCCCI)cc1. The average Bonchev–Trinajstić information content (AvgIpc) is 2.25. The van der Waals surface area contributed by atoms with Crippen molar-refractivity contribution in [3.8, 4) is 0 Å². The molecule has 0 radical (unpaired) electrons. The standard InChI is InChI=1S/C13H19I/c1-2-12-7-9-13(10-8-12)6-4-3-5-11-14/h7-10H,2-6,11H2,1H3. The first kappa shape index (κ1) is 12.0. The molecule has 0 nitrogen and oxygen atoms in total. The maximum absolute atomic E-state index is 2.45. The van der Waals surface area contributed by atoms with Crippen molar-refractivity contribution in [1.29, 1.82) is 0 Å². The molecule has 14 heavy (non-hydrogen) atoms. The number of halogens is 1. The average molecular weight is 302 g/mol. The van der Waals surface area contributed by atoms with Crippen LogP contribution in [0.2, 0.25) is 0 Å². The predicted molar refractivity (Wildman–Crippen MR) is 72.3 cm³/mol. The van der Waals surface area contributed by atoms with E-state index in [9.17, 15) is 0 Å². The number of unbranched alkanes of at least 4 members (excludes halogenated alkanes) is 2. The zero-order chi connectivity index (χ0) is 10.2. The Morgan fingerprint density at radius 3 is 2.14 bits per heavy atom. The number of aryl methyl sites for hydroxylation is 2. The fourth-order valence-corrected chi connectivity index (χ4v) is 2.08. The molecule has 0 amide bonds. The zero-order valence-corrected chi connectivity index (χ0v) is 11.1. The minimum absolute atomic E-state index is 1.15. The maximum Gasteiger partial charge on any atom is -0.000473 e. The van der Waals surface area contributed by atoms with Gasteiger partial charge >= 0.3 is 0 Å².